The van der Waals surface area contributed by atoms with E-state index in [-0.39, 0.29) is 5.91 Å². The van der Waals surface area contributed by atoms with E-state index in [1.54, 1.807) is 24.5 Å². The number of carbonyl (C=O) groups excluding carboxylic acids is 1. The standard InChI is InChI=1S/C10H14N2O3/c1-2-14-7-8-15-12-10(13)9-3-5-11-6-4-9/h3-6H,2,7-8H2,1H3,(H,12,13). The highest BCUT2D eigenvalue weighted by Gasteiger charge is 2.03. The van der Waals surface area contributed by atoms with Crippen molar-refractivity contribution in [3.8, 4) is 0 Å². The second-order valence-corrected chi connectivity index (χ2v) is 2.71. The van der Waals surface area contributed by atoms with Gasteiger partial charge in [-0.05, 0) is 19.1 Å². The molecule has 1 aromatic heterocycles. The third-order valence-electron chi connectivity index (χ3n) is 1.64. The first-order valence-electron chi connectivity index (χ1n) is 4.74. The molecule has 15 heavy (non-hydrogen) atoms. The number of carbonyl (C=O) groups is 1. The van der Waals surface area contributed by atoms with E-state index in [0.717, 1.165) is 0 Å². The third kappa shape index (κ3) is 4.53. The molecule has 0 saturated heterocycles. The molecule has 1 rings (SSSR count). The molecule has 82 valence electrons. The molecule has 0 aromatic carbocycles. The van der Waals surface area contributed by atoms with Gasteiger partial charge in [-0.15, -0.1) is 0 Å². The van der Waals surface area contributed by atoms with Gasteiger partial charge in [0.05, 0.1) is 13.2 Å². The molecule has 0 aliphatic rings. The van der Waals surface area contributed by atoms with Crippen molar-refractivity contribution in [2.75, 3.05) is 19.8 Å². The van der Waals surface area contributed by atoms with Crippen LogP contribution < -0.4 is 5.48 Å². The second kappa shape index (κ2) is 6.92. The van der Waals surface area contributed by atoms with Crippen LogP contribution in [0.5, 0.6) is 0 Å². The lowest BCUT2D eigenvalue weighted by molar-refractivity contribution is 0.00166. The van der Waals surface area contributed by atoms with E-state index >= 15 is 0 Å². The van der Waals surface area contributed by atoms with Crippen molar-refractivity contribution in [3.63, 3.8) is 0 Å². The minimum absolute atomic E-state index is 0.283. The summed E-state index contributed by atoms with van der Waals surface area (Å²) in [5, 5.41) is 0. The zero-order chi connectivity index (χ0) is 10.9. The highest BCUT2D eigenvalue weighted by Crippen LogP contribution is 1.94. The molecule has 5 heteroatoms. The Kier molecular flexibility index (Phi) is 5.35. The molecular formula is C10H14N2O3. The first-order chi connectivity index (χ1) is 7.34. The van der Waals surface area contributed by atoms with Crippen molar-refractivity contribution in [2.24, 2.45) is 0 Å². The summed E-state index contributed by atoms with van der Waals surface area (Å²) in [6, 6.07) is 3.22. The first kappa shape index (κ1) is 11.6. The smallest absolute Gasteiger partial charge is 0.274 e. The van der Waals surface area contributed by atoms with Crippen molar-refractivity contribution in [1.82, 2.24) is 10.5 Å². The lowest BCUT2D eigenvalue weighted by Crippen LogP contribution is -2.25. The molecule has 0 aliphatic heterocycles. The van der Waals surface area contributed by atoms with Gasteiger partial charge >= 0.3 is 0 Å². The molecule has 0 spiro atoms. The summed E-state index contributed by atoms with van der Waals surface area (Å²) in [6.45, 7) is 3.34. The summed E-state index contributed by atoms with van der Waals surface area (Å²) in [5.74, 6) is -0.283. The molecule has 1 amide bonds. The Morgan fingerprint density at radius 3 is 2.80 bits per heavy atom. The van der Waals surface area contributed by atoms with Crippen LogP contribution in [0.4, 0.5) is 0 Å². The van der Waals surface area contributed by atoms with Crippen molar-refractivity contribution in [1.29, 1.82) is 0 Å². The maximum absolute atomic E-state index is 11.4. The minimum Gasteiger partial charge on any atom is -0.379 e. The molecule has 0 atom stereocenters. The molecule has 1 N–H and O–H groups in total. The summed E-state index contributed by atoms with van der Waals surface area (Å²) in [7, 11) is 0. The normalized spacial score (nSPS) is 9.93. The Bertz CT molecular complexity index is 290. The maximum Gasteiger partial charge on any atom is 0.274 e. The topological polar surface area (TPSA) is 60.5 Å². The van der Waals surface area contributed by atoms with Crippen molar-refractivity contribution >= 4 is 5.91 Å². The summed E-state index contributed by atoms with van der Waals surface area (Å²) in [4.78, 5) is 20.1. The van der Waals surface area contributed by atoms with Crippen molar-refractivity contribution in [3.05, 3.63) is 30.1 Å². The Balaban J connectivity index is 2.20. The number of hydrogen-bond acceptors (Lipinski definition) is 4. The van der Waals surface area contributed by atoms with Gasteiger partial charge in [-0.25, -0.2) is 5.48 Å². The van der Waals surface area contributed by atoms with Gasteiger partial charge in [-0.2, -0.15) is 0 Å². The zero-order valence-electron chi connectivity index (χ0n) is 8.60. The lowest BCUT2D eigenvalue weighted by Gasteiger charge is -2.05. The summed E-state index contributed by atoms with van der Waals surface area (Å²) in [6.07, 6.45) is 3.10. The third-order valence-corrected chi connectivity index (χ3v) is 1.64. The number of hydroxylamine groups is 1. The van der Waals surface area contributed by atoms with Crippen LogP contribution in [-0.4, -0.2) is 30.7 Å². The largest absolute Gasteiger partial charge is 0.379 e. The molecule has 0 aliphatic carbocycles. The van der Waals surface area contributed by atoms with Gasteiger partial charge < -0.3 is 4.74 Å². The fourth-order valence-corrected chi connectivity index (χ4v) is 0.924. The molecular weight excluding hydrogens is 196 g/mol. The molecule has 0 fully saturated rings. The first-order valence-corrected chi connectivity index (χ1v) is 4.74. The molecule has 1 heterocycles. The van der Waals surface area contributed by atoms with E-state index in [9.17, 15) is 4.79 Å². The SMILES string of the molecule is CCOCCONC(=O)c1ccncc1. The van der Waals surface area contributed by atoms with Gasteiger partial charge in [-0.1, -0.05) is 0 Å². The Labute approximate surface area is 88.4 Å². The van der Waals surface area contributed by atoms with Crippen LogP contribution in [0.3, 0.4) is 0 Å². The van der Waals surface area contributed by atoms with Gasteiger partial charge in [0.1, 0.15) is 0 Å². The number of rotatable bonds is 6. The van der Waals surface area contributed by atoms with Crippen LogP contribution in [-0.2, 0) is 9.57 Å². The van der Waals surface area contributed by atoms with Gasteiger partial charge in [0.2, 0.25) is 0 Å². The Hall–Kier alpha value is -1.46. The van der Waals surface area contributed by atoms with E-state index in [2.05, 4.69) is 10.5 Å². The quantitative estimate of drug-likeness (QED) is 0.556. The van der Waals surface area contributed by atoms with Crippen LogP contribution in [0.15, 0.2) is 24.5 Å². The number of nitrogens with zero attached hydrogens (tertiary/aromatic N) is 1. The number of aromatic nitrogens is 1. The predicted octanol–water partition coefficient (Wildman–Crippen LogP) is 0.779. The summed E-state index contributed by atoms with van der Waals surface area (Å²) >= 11 is 0. The monoisotopic (exact) mass is 210 g/mol. The van der Waals surface area contributed by atoms with Crippen LogP contribution in [0.1, 0.15) is 17.3 Å². The van der Waals surface area contributed by atoms with Gasteiger partial charge in [0.15, 0.2) is 0 Å². The Morgan fingerprint density at radius 1 is 1.40 bits per heavy atom. The minimum atomic E-state index is -0.283. The fraction of sp³-hybridized carbons (Fsp3) is 0.400. The van der Waals surface area contributed by atoms with Gasteiger partial charge in [-0.3, -0.25) is 14.6 Å². The van der Waals surface area contributed by atoms with Crippen molar-refractivity contribution in [2.45, 2.75) is 6.92 Å². The number of pyridine rings is 1. The number of amides is 1. The zero-order valence-corrected chi connectivity index (χ0v) is 8.60. The summed E-state index contributed by atoms with van der Waals surface area (Å²) in [5.41, 5.74) is 2.83. The molecule has 0 unspecified atom stereocenters. The fourth-order valence-electron chi connectivity index (χ4n) is 0.924. The highest BCUT2D eigenvalue weighted by molar-refractivity contribution is 5.93. The number of nitrogens with one attached hydrogen (secondary N) is 1. The van der Waals surface area contributed by atoms with E-state index in [1.165, 1.54) is 0 Å². The van der Waals surface area contributed by atoms with E-state index in [4.69, 9.17) is 9.57 Å². The molecule has 0 bridgehead atoms. The van der Waals surface area contributed by atoms with Gasteiger partial charge in [0.25, 0.3) is 5.91 Å². The average molecular weight is 210 g/mol. The van der Waals surface area contributed by atoms with Crippen LogP contribution >= 0.6 is 0 Å². The second-order valence-electron chi connectivity index (χ2n) is 2.71. The van der Waals surface area contributed by atoms with E-state index in [0.29, 0.717) is 25.4 Å². The van der Waals surface area contributed by atoms with Crippen LogP contribution in [0, 0.1) is 0 Å². The van der Waals surface area contributed by atoms with E-state index in [1.807, 2.05) is 6.92 Å². The van der Waals surface area contributed by atoms with Gasteiger partial charge in [0, 0.05) is 24.6 Å². The number of hydrogen-bond donors (Lipinski definition) is 1. The molecule has 0 radical (unpaired) electrons. The predicted molar refractivity (Wildman–Crippen MR) is 54.1 cm³/mol. The van der Waals surface area contributed by atoms with E-state index < -0.39 is 0 Å². The van der Waals surface area contributed by atoms with Crippen molar-refractivity contribution < 1.29 is 14.4 Å². The number of ether oxygens (including phenoxy) is 1. The maximum atomic E-state index is 11.4. The molecule has 0 saturated carbocycles. The summed E-state index contributed by atoms with van der Waals surface area (Å²) < 4.78 is 5.03. The van der Waals surface area contributed by atoms with Crippen LogP contribution in [0.25, 0.3) is 0 Å². The van der Waals surface area contributed by atoms with Crippen LogP contribution in [0.2, 0.25) is 0 Å². The molecule has 5 nitrogen and oxygen atoms in total. The Morgan fingerprint density at radius 2 is 2.13 bits per heavy atom. The average Bonchev–Trinajstić information content (AvgIpc) is 2.30. The highest BCUT2D eigenvalue weighted by atomic mass is 16.7. The lowest BCUT2D eigenvalue weighted by atomic mass is 10.3. The molecule has 1 aromatic rings.